The number of hydrogen-bond donors (Lipinski definition) is 1. The predicted octanol–water partition coefficient (Wildman–Crippen LogP) is 3.42. The van der Waals surface area contributed by atoms with Crippen LogP contribution >= 0.6 is 0 Å². The average molecular weight is 272 g/mol. The van der Waals surface area contributed by atoms with Gasteiger partial charge in [0.05, 0.1) is 6.26 Å². The number of furan rings is 1. The third-order valence-electron chi connectivity index (χ3n) is 3.87. The van der Waals surface area contributed by atoms with E-state index in [1.165, 1.54) is 16.7 Å². The molecule has 2 unspecified atom stereocenters. The molecule has 1 aromatic carbocycles. The molecule has 0 aliphatic carbocycles. The molecule has 2 aromatic rings. The fourth-order valence-electron chi connectivity index (χ4n) is 2.78. The van der Waals surface area contributed by atoms with Crippen LogP contribution in [0.1, 0.15) is 35.4 Å². The highest BCUT2D eigenvalue weighted by atomic mass is 16.3. The van der Waals surface area contributed by atoms with Crippen molar-refractivity contribution in [3.05, 3.63) is 59.0 Å². The monoisotopic (exact) mass is 272 g/mol. The van der Waals surface area contributed by atoms with E-state index < -0.39 is 0 Å². The fourth-order valence-corrected chi connectivity index (χ4v) is 2.78. The highest BCUT2D eigenvalue weighted by Crippen LogP contribution is 2.27. The molecule has 0 bridgehead atoms. The Balaban J connectivity index is 2.25. The minimum atomic E-state index is 0.0632. The van der Waals surface area contributed by atoms with Crippen molar-refractivity contribution in [3.8, 4) is 0 Å². The molecule has 0 aliphatic heterocycles. The van der Waals surface area contributed by atoms with E-state index in [1.807, 2.05) is 13.0 Å². The Morgan fingerprint density at radius 1 is 1.20 bits per heavy atom. The zero-order chi connectivity index (χ0) is 14.7. The first-order valence-corrected chi connectivity index (χ1v) is 7.05. The van der Waals surface area contributed by atoms with Crippen LogP contribution in [0.2, 0.25) is 0 Å². The van der Waals surface area contributed by atoms with E-state index in [0.717, 1.165) is 12.3 Å². The summed E-state index contributed by atoms with van der Waals surface area (Å²) in [5.41, 5.74) is 10.0. The lowest BCUT2D eigenvalue weighted by molar-refractivity contribution is 0.209. The van der Waals surface area contributed by atoms with Gasteiger partial charge in [0.25, 0.3) is 0 Å². The number of benzene rings is 1. The normalized spacial score (nSPS) is 14.5. The second-order valence-corrected chi connectivity index (χ2v) is 5.58. The first-order valence-electron chi connectivity index (χ1n) is 7.05. The molecule has 0 saturated carbocycles. The lowest BCUT2D eigenvalue weighted by Crippen LogP contribution is -2.37. The molecular weight excluding hydrogens is 248 g/mol. The summed E-state index contributed by atoms with van der Waals surface area (Å²) < 4.78 is 5.38. The minimum Gasteiger partial charge on any atom is -0.469 e. The lowest BCUT2D eigenvalue weighted by Gasteiger charge is -2.32. The Morgan fingerprint density at radius 2 is 1.90 bits per heavy atom. The molecule has 0 saturated heterocycles. The Morgan fingerprint density at radius 3 is 2.45 bits per heavy atom. The van der Waals surface area contributed by atoms with Crippen LogP contribution < -0.4 is 5.73 Å². The predicted molar refractivity (Wildman–Crippen MR) is 82.5 cm³/mol. The second-order valence-electron chi connectivity index (χ2n) is 5.58. The summed E-state index contributed by atoms with van der Waals surface area (Å²) in [5.74, 6) is 0.977. The van der Waals surface area contributed by atoms with E-state index in [1.54, 1.807) is 6.26 Å². The van der Waals surface area contributed by atoms with E-state index in [0.29, 0.717) is 0 Å². The van der Waals surface area contributed by atoms with Crippen molar-refractivity contribution < 1.29 is 4.42 Å². The smallest absolute Gasteiger partial charge is 0.105 e. The molecule has 2 atom stereocenters. The summed E-state index contributed by atoms with van der Waals surface area (Å²) in [7, 11) is 2.12. The Kier molecular flexibility index (Phi) is 4.63. The van der Waals surface area contributed by atoms with Gasteiger partial charge in [0.1, 0.15) is 5.76 Å². The van der Waals surface area contributed by atoms with Gasteiger partial charge in [0.15, 0.2) is 0 Å². The van der Waals surface area contributed by atoms with E-state index in [9.17, 15) is 0 Å². The molecule has 2 rings (SSSR count). The third kappa shape index (κ3) is 3.11. The van der Waals surface area contributed by atoms with Gasteiger partial charge in [0.2, 0.25) is 0 Å². The first-order chi connectivity index (χ1) is 9.50. The second kappa shape index (κ2) is 6.25. The Hall–Kier alpha value is -1.58. The van der Waals surface area contributed by atoms with Gasteiger partial charge in [0, 0.05) is 24.2 Å². The van der Waals surface area contributed by atoms with Crippen molar-refractivity contribution in [2.45, 2.75) is 39.4 Å². The first kappa shape index (κ1) is 14.8. The third-order valence-corrected chi connectivity index (χ3v) is 3.87. The Bertz CT molecular complexity index is 560. The number of rotatable bonds is 5. The van der Waals surface area contributed by atoms with Crippen molar-refractivity contribution in [3.63, 3.8) is 0 Å². The van der Waals surface area contributed by atoms with Crippen LogP contribution in [0.4, 0.5) is 0 Å². The van der Waals surface area contributed by atoms with Gasteiger partial charge < -0.3 is 10.2 Å². The molecule has 0 aliphatic rings. The van der Waals surface area contributed by atoms with Gasteiger partial charge in [-0.25, -0.2) is 0 Å². The van der Waals surface area contributed by atoms with Gasteiger partial charge >= 0.3 is 0 Å². The summed E-state index contributed by atoms with van der Waals surface area (Å²) in [4.78, 5) is 2.30. The number of likely N-dealkylation sites (N-methyl/N-ethyl adjacent to an activating group) is 1. The van der Waals surface area contributed by atoms with Crippen molar-refractivity contribution in [2.75, 3.05) is 7.05 Å². The van der Waals surface area contributed by atoms with Crippen LogP contribution in [0.25, 0.3) is 0 Å². The topological polar surface area (TPSA) is 42.4 Å². The number of aryl methyl sites for hydroxylation is 2. The molecule has 0 fully saturated rings. The molecule has 0 spiro atoms. The van der Waals surface area contributed by atoms with Crippen LogP contribution in [0.15, 0.2) is 41.0 Å². The van der Waals surface area contributed by atoms with Crippen molar-refractivity contribution >= 4 is 0 Å². The molecule has 1 aromatic heterocycles. The summed E-state index contributed by atoms with van der Waals surface area (Å²) >= 11 is 0. The quantitative estimate of drug-likeness (QED) is 0.907. The van der Waals surface area contributed by atoms with Gasteiger partial charge in [-0.1, -0.05) is 24.3 Å². The van der Waals surface area contributed by atoms with Crippen LogP contribution in [0, 0.1) is 13.8 Å². The minimum absolute atomic E-state index is 0.0632. The van der Waals surface area contributed by atoms with Crippen molar-refractivity contribution in [2.24, 2.45) is 5.73 Å². The summed E-state index contributed by atoms with van der Waals surface area (Å²) in [6.45, 7) is 7.04. The maximum atomic E-state index is 6.24. The van der Waals surface area contributed by atoms with Crippen LogP contribution in [-0.4, -0.2) is 18.0 Å². The molecule has 2 N–H and O–H groups in total. The van der Waals surface area contributed by atoms with Gasteiger partial charge in [-0.15, -0.1) is 0 Å². The SMILES string of the molecule is Cc1ccccc1C(C(C)N)N(C)Cc1ccoc1C. The van der Waals surface area contributed by atoms with E-state index in [4.69, 9.17) is 10.2 Å². The van der Waals surface area contributed by atoms with E-state index in [-0.39, 0.29) is 12.1 Å². The van der Waals surface area contributed by atoms with Crippen molar-refractivity contribution in [1.82, 2.24) is 4.90 Å². The van der Waals surface area contributed by atoms with E-state index in [2.05, 4.69) is 50.1 Å². The molecule has 3 nitrogen and oxygen atoms in total. The molecule has 3 heteroatoms. The molecule has 20 heavy (non-hydrogen) atoms. The molecule has 1 heterocycles. The maximum Gasteiger partial charge on any atom is 0.105 e. The lowest BCUT2D eigenvalue weighted by atomic mass is 9.95. The molecular formula is C17H24N2O. The molecule has 108 valence electrons. The Labute approximate surface area is 121 Å². The largest absolute Gasteiger partial charge is 0.469 e. The standard InChI is InChI=1S/C17H24N2O/c1-12-7-5-6-8-16(12)17(13(2)18)19(4)11-15-9-10-20-14(15)3/h5-10,13,17H,11,18H2,1-4H3. The maximum absolute atomic E-state index is 6.24. The van der Waals surface area contributed by atoms with Gasteiger partial charge in [-0.2, -0.15) is 0 Å². The number of hydrogen-bond acceptors (Lipinski definition) is 3. The fraction of sp³-hybridized carbons (Fsp3) is 0.412. The van der Waals surface area contributed by atoms with Crippen LogP contribution in [0.5, 0.6) is 0 Å². The molecule has 0 radical (unpaired) electrons. The summed E-state index contributed by atoms with van der Waals surface area (Å²) in [6.07, 6.45) is 1.74. The number of nitrogens with two attached hydrogens (primary N) is 1. The number of nitrogens with zero attached hydrogens (tertiary/aromatic N) is 1. The van der Waals surface area contributed by atoms with Crippen LogP contribution in [0.3, 0.4) is 0 Å². The van der Waals surface area contributed by atoms with Gasteiger partial charge in [-0.05, 0) is 45.0 Å². The van der Waals surface area contributed by atoms with Crippen molar-refractivity contribution in [1.29, 1.82) is 0 Å². The zero-order valence-electron chi connectivity index (χ0n) is 12.8. The van der Waals surface area contributed by atoms with Crippen LogP contribution in [-0.2, 0) is 6.54 Å². The van der Waals surface area contributed by atoms with E-state index >= 15 is 0 Å². The molecule has 0 amide bonds. The summed E-state index contributed by atoms with van der Waals surface area (Å²) in [5, 5.41) is 0. The summed E-state index contributed by atoms with van der Waals surface area (Å²) in [6, 6.07) is 10.7. The highest BCUT2D eigenvalue weighted by molar-refractivity contribution is 5.30. The average Bonchev–Trinajstić information content (AvgIpc) is 2.77. The van der Waals surface area contributed by atoms with Gasteiger partial charge in [-0.3, -0.25) is 4.90 Å². The zero-order valence-corrected chi connectivity index (χ0v) is 12.8. The highest BCUT2D eigenvalue weighted by Gasteiger charge is 2.23.